The SMILES string of the molecule is COc1ccccc1NC(=O)C(=O)NCCC1=CCCCC1. The lowest BCUT2D eigenvalue weighted by Crippen LogP contribution is -2.36. The van der Waals surface area contributed by atoms with E-state index in [0.29, 0.717) is 18.0 Å². The lowest BCUT2D eigenvalue weighted by atomic mass is 9.97. The van der Waals surface area contributed by atoms with Crippen LogP contribution < -0.4 is 15.4 Å². The summed E-state index contributed by atoms with van der Waals surface area (Å²) in [6.07, 6.45) is 7.74. The molecule has 1 aliphatic rings. The van der Waals surface area contributed by atoms with Gasteiger partial charge in [-0.25, -0.2) is 0 Å². The predicted octanol–water partition coefficient (Wildman–Crippen LogP) is 2.64. The number of carbonyl (C=O) groups is 2. The number of ether oxygens (including phenoxy) is 1. The van der Waals surface area contributed by atoms with Crippen LogP contribution in [0.25, 0.3) is 0 Å². The second-order valence-electron chi connectivity index (χ2n) is 5.27. The van der Waals surface area contributed by atoms with Gasteiger partial charge >= 0.3 is 11.8 Å². The number of amides is 2. The summed E-state index contributed by atoms with van der Waals surface area (Å²) in [5, 5.41) is 5.21. The van der Waals surface area contributed by atoms with Crippen molar-refractivity contribution in [3.8, 4) is 5.75 Å². The van der Waals surface area contributed by atoms with Crippen molar-refractivity contribution in [1.82, 2.24) is 5.32 Å². The molecule has 2 rings (SSSR count). The summed E-state index contributed by atoms with van der Waals surface area (Å²) in [4.78, 5) is 23.7. The van der Waals surface area contributed by atoms with Crippen LogP contribution in [0.3, 0.4) is 0 Å². The van der Waals surface area contributed by atoms with E-state index in [9.17, 15) is 9.59 Å². The molecule has 118 valence electrons. The highest BCUT2D eigenvalue weighted by atomic mass is 16.5. The van der Waals surface area contributed by atoms with E-state index in [0.717, 1.165) is 19.3 Å². The van der Waals surface area contributed by atoms with Gasteiger partial charge < -0.3 is 15.4 Å². The van der Waals surface area contributed by atoms with Crippen LogP contribution in [-0.2, 0) is 9.59 Å². The Labute approximate surface area is 130 Å². The highest BCUT2D eigenvalue weighted by Crippen LogP contribution is 2.22. The molecule has 0 saturated heterocycles. The molecule has 2 N–H and O–H groups in total. The van der Waals surface area contributed by atoms with Gasteiger partial charge in [0.05, 0.1) is 12.8 Å². The topological polar surface area (TPSA) is 67.4 Å². The van der Waals surface area contributed by atoms with Crippen LogP contribution >= 0.6 is 0 Å². The van der Waals surface area contributed by atoms with E-state index in [1.54, 1.807) is 24.3 Å². The number of benzene rings is 1. The summed E-state index contributed by atoms with van der Waals surface area (Å²) >= 11 is 0. The Balaban J connectivity index is 1.79. The van der Waals surface area contributed by atoms with Gasteiger partial charge in [0.15, 0.2) is 0 Å². The molecule has 0 bridgehead atoms. The van der Waals surface area contributed by atoms with Gasteiger partial charge in [-0.1, -0.05) is 23.8 Å². The third kappa shape index (κ3) is 4.62. The molecule has 5 heteroatoms. The van der Waals surface area contributed by atoms with Gasteiger partial charge in [0.2, 0.25) is 0 Å². The van der Waals surface area contributed by atoms with Crippen molar-refractivity contribution in [2.75, 3.05) is 19.0 Å². The van der Waals surface area contributed by atoms with Crippen LogP contribution in [0.2, 0.25) is 0 Å². The minimum Gasteiger partial charge on any atom is -0.495 e. The van der Waals surface area contributed by atoms with Crippen LogP contribution in [0.4, 0.5) is 5.69 Å². The van der Waals surface area contributed by atoms with E-state index in [1.807, 2.05) is 0 Å². The van der Waals surface area contributed by atoms with Gasteiger partial charge in [-0.05, 0) is 44.2 Å². The zero-order valence-electron chi connectivity index (χ0n) is 12.9. The fourth-order valence-corrected chi connectivity index (χ4v) is 2.48. The Morgan fingerprint density at radius 1 is 1.18 bits per heavy atom. The van der Waals surface area contributed by atoms with Gasteiger partial charge in [0.1, 0.15) is 5.75 Å². The molecule has 0 spiro atoms. The van der Waals surface area contributed by atoms with Crippen molar-refractivity contribution in [1.29, 1.82) is 0 Å². The smallest absolute Gasteiger partial charge is 0.313 e. The van der Waals surface area contributed by atoms with Crippen LogP contribution in [0.5, 0.6) is 5.75 Å². The number of methoxy groups -OCH3 is 1. The molecular formula is C17H22N2O3. The van der Waals surface area contributed by atoms with Crippen molar-refractivity contribution in [2.24, 2.45) is 0 Å². The standard InChI is InChI=1S/C17H22N2O3/c1-22-15-10-6-5-9-14(15)19-17(21)16(20)18-12-11-13-7-3-2-4-8-13/h5-7,9-10H,2-4,8,11-12H2,1H3,(H,18,20)(H,19,21). The molecule has 0 unspecified atom stereocenters. The van der Waals surface area contributed by atoms with Crippen molar-refractivity contribution in [3.63, 3.8) is 0 Å². The molecule has 0 heterocycles. The predicted molar refractivity (Wildman–Crippen MR) is 85.8 cm³/mol. The van der Waals surface area contributed by atoms with Crippen molar-refractivity contribution in [3.05, 3.63) is 35.9 Å². The van der Waals surface area contributed by atoms with Crippen molar-refractivity contribution < 1.29 is 14.3 Å². The zero-order valence-corrected chi connectivity index (χ0v) is 12.9. The molecule has 0 atom stereocenters. The molecule has 0 aromatic heterocycles. The van der Waals surface area contributed by atoms with Crippen LogP contribution in [0.15, 0.2) is 35.9 Å². The summed E-state index contributed by atoms with van der Waals surface area (Å²) in [6.45, 7) is 0.490. The Morgan fingerprint density at radius 2 is 2.00 bits per heavy atom. The minimum absolute atomic E-state index is 0.486. The first-order valence-electron chi connectivity index (χ1n) is 7.61. The third-order valence-electron chi connectivity index (χ3n) is 3.68. The van der Waals surface area contributed by atoms with Gasteiger partial charge in [-0.3, -0.25) is 9.59 Å². The lowest BCUT2D eigenvalue weighted by molar-refractivity contribution is -0.136. The second-order valence-corrected chi connectivity index (χ2v) is 5.27. The first kappa shape index (κ1) is 16.1. The van der Waals surface area contributed by atoms with Crippen LogP contribution in [0, 0.1) is 0 Å². The number of allylic oxidation sites excluding steroid dienone is 1. The summed E-state index contributed by atoms with van der Waals surface area (Å²) in [5.74, 6) is -0.777. The van der Waals surface area contributed by atoms with Gasteiger partial charge in [-0.15, -0.1) is 0 Å². The minimum atomic E-state index is -0.679. The number of hydrogen-bond acceptors (Lipinski definition) is 3. The van der Waals surface area contributed by atoms with E-state index < -0.39 is 11.8 Å². The van der Waals surface area contributed by atoms with Crippen molar-refractivity contribution in [2.45, 2.75) is 32.1 Å². The van der Waals surface area contributed by atoms with E-state index >= 15 is 0 Å². The average molecular weight is 302 g/mol. The molecule has 1 aromatic carbocycles. The molecular weight excluding hydrogens is 280 g/mol. The molecule has 5 nitrogen and oxygen atoms in total. The number of carbonyl (C=O) groups excluding carboxylic acids is 2. The monoisotopic (exact) mass is 302 g/mol. The highest BCUT2D eigenvalue weighted by Gasteiger charge is 2.15. The molecule has 0 aliphatic heterocycles. The summed E-state index contributed by atoms with van der Waals surface area (Å²) < 4.78 is 5.13. The first-order valence-corrected chi connectivity index (χ1v) is 7.61. The number of para-hydroxylation sites is 2. The Bertz CT molecular complexity index is 567. The van der Waals surface area contributed by atoms with E-state index in [-0.39, 0.29) is 0 Å². The Kier molecular flexibility index (Phi) is 6.01. The molecule has 1 aromatic rings. The third-order valence-corrected chi connectivity index (χ3v) is 3.68. The maximum atomic E-state index is 11.9. The van der Waals surface area contributed by atoms with E-state index in [4.69, 9.17) is 4.74 Å². The van der Waals surface area contributed by atoms with Crippen molar-refractivity contribution >= 4 is 17.5 Å². The average Bonchev–Trinajstić information content (AvgIpc) is 2.56. The number of nitrogens with one attached hydrogen (secondary N) is 2. The fraction of sp³-hybridized carbons (Fsp3) is 0.412. The molecule has 22 heavy (non-hydrogen) atoms. The maximum absolute atomic E-state index is 11.9. The maximum Gasteiger partial charge on any atom is 0.313 e. The Morgan fingerprint density at radius 3 is 2.73 bits per heavy atom. The van der Waals surface area contributed by atoms with E-state index in [1.165, 1.54) is 25.5 Å². The number of hydrogen-bond donors (Lipinski definition) is 2. The molecule has 2 amide bonds. The van der Waals surface area contributed by atoms with E-state index in [2.05, 4.69) is 16.7 Å². The normalized spacial score (nSPS) is 14.0. The largest absolute Gasteiger partial charge is 0.495 e. The van der Waals surface area contributed by atoms with Gasteiger partial charge in [0.25, 0.3) is 0 Å². The zero-order chi connectivity index (χ0) is 15.8. The summed E-state index contributed by atoms with van der Waals surface area (Å²) in [7, 11) is 1.52. The summed E-state index contributed by atoms with van der Waals surface area (Å²) in [6, 6.07) is 6.98. The van der Waals surface area contributed by atoms with Crippen LogP contribution in [0.1, 0.15) is 32.1 Å². The summed E-state index contributed by atoms with van der Waals surface area (Å²) in [5.41, 5.74) is 1.86. The van der Waals surface area contributed by atoms with Gasteiger partial charge in [0, 0.05) is 6.54 Å². The van der Waals surface area contributed by atoms with Crippen LogP contribution in [-0.4, -0.2) is 25.5 Å². The molecule has 0 radical (unpaired) electrons. The first-order chi connectivity index (χ1) is 10.7. The number of anilines is 1. The highest BCUT2D eigenvalue weighted by molar-refractivity contribution is 6.39. The number of rotatable bonds is 5. The molecule has 0 saturated carbocycles. The Hall–Kier alpha value is -2.30. The lowest BCUT2D eigenvalue weighted by Gasteiger charge is -2.13. The second kappa shape index (κ2) is 8.22. The quantitative estimate of drug-likeness (QED) is 0.649. The molecule has 0 fully saturated rings. The van der Waals surface area contributed by atoms with Gasteiger partial charge in [-0.2, -0.15) is 0 Å². The fourth-order valence-electron chi connectivity index (χ4n) is 2.48. The molecule has 1 aliphatic carbocycles.